The van der Waals surface area contributed by atoms with Crippen molar-refractivity contribution in [2.75, 3.05) is 52.5 Å². The van der Waals surface area contributed by atoms with Gasteiger partial charge in [-0.15, -0.1) is 24.0 Å². The smallest absolute Gasteiger partial charge is 0.225 e. The molecule has 0 bridgehead atoms. The second-order valence-corrected chi connectivity index (χ2v) is 7.49. The minimum Gasteiger partial charge on any atom is -0.378 e. The van der Waals surface area contributed by atoms with E-state index < -0.39 is 0 Å². The van der Waals surface area contributed by atoms with Crippen LogP contribution in [-0.2, 0) is 16.0 Å². The maximum atomic E-state index is 12.7. The molecule has 2 aliphatic rings. The van der Waals surface area contributed by atoms with Crippen LogP contribution in [0.1, 0.15) is 36.8 Å². The predicted molar refractivity (Wildman–Crippen MR) is 123 cm³/mol. The fourth-order valence-corrected chi connectivity index (χ4v) is 3.94. The topological polar surface area (TPSA) is 83.2 Å². The fraction of sp³-hybridized carbons (Fsp3) is 0.750. The van der Waals surface area contributed by atoms with Gasteiger partial charge >= 0.3 is 0 Å². The van der Waals surface area contributed by atoms with Gasteiger partial charge in [0, 0.05) is 50.7 Å². The molecule has 1 amide bonds. The number of halogens is 1. The summed E-state index contributed by atoms with van der Waals surface area (Å²) in [5.74, 6) is 2.23. The Morgan fingerprint density at radius 2 is 1.86 bits per heavy atom. The van der Waals surface area contributed by atoms with Crippen molar-refractivity contribution in [3.63, 3.8) is 0 Å². The van der Waals surface area contributed by atoms with E-state index in [4.69, 9.17) is 14.3 Å². The number of likely N-dealkylation sites (tertiary alicyclic amines) is 1. The number of hydrogen-bond acceptors (Lipinski definition) is 5. The summed E-state index contributed by atoms with van der Waals surface area (Å²) in [7, 11) is 0. The van der Waals surface area contributed by atoms with Gasteiger partial charge < -0.3 is 24.4 Å². The lowest BCUT2D eigenvalue weighted by molar-refractivity contribution is -0.140. The average Bonchev–Trinajstić information content (AvgIpc) is 3.05. The molecule has 164 valence electrons. The van der Waals surface area contributed by atoms with Gasteiger partial charge in [-0.05, 0) is 40.0 Å². The number of ether oxygens (including phenoxy) is 1. The van der Waals surface area contributed by atoms with Gasteiger partial charge in [-0.25, -0.2) is 0 Å². The molecule has 0 atom stereocenters. The number of nitrogens with zero attached hydrogens (tertiary/aromatic N) is 4. The average molecular weight is 519 g/mol. The first kappa shape index (κ1) is 23.9. The Balaban J connectivity index is 0.00000300. The highest BCUT2D eigenvalue weighted by Crippen LogP contribution is 2.20. The molecule has 0 radical (unpaired) electrons. The fourth-order valence-electron chi connectivity index (χ4n) is 3.94. The van der Waals surface area contributed by atoms with E-state index in [1.807, 2.05) is 18.7 Å². The number of carbonyl (C=O) groups excluding carboxylic acids is 1. The number of hydrogen-bond donors (Lipinski definition) is 1. The summed E-state index contributed by atoms with van der Waals surface area (Å²) in [4.78, 5) is 21.8. The summed E-state index contributed by atoms with van der Waals surface area (Å²) in [6, 6.07) is 0. The minimum atomic E-state index is 0. The number of nitrogens with one attached hydrogen (secondary N) is 1. The van der Waals surface area contributed by atoms with Crippen LogP contribution in [0, 0.1) is 19.8 Å². The molecule has 0 aromatic carbocycles. The zero-order chi connectivity index (χ0) is 19.9. The third kappa shape index (κ3) is 6.31. The normalized spacial score (nSPS) is 18.5. The highest BCUT2D eigenvalue weighted by molar-refractivity contribution is 14.0. The second-order valence-electron chi connectivity index (χ2n) is 7.49. The first-order valence-corrected chi connectivity index (χ1v) is 10.4. The second kappa shape index (κ2) is 11.7. The summed E-state index contributed by atoms with van der Waals surface area (Å²) in [6.45, 7) is 12.0. The number of piperidine rings is 1. The van der Waals surface area contributed by atoms with E-state index in [0.717, 1.165) is 75.0 Å². The van der Waals surface area contributed by atoms with Gasteiger partial charge in [0.1, 0.15) is 5.76 Å². The number of amides is 1. The molecule has 29 heavy (non-hydrogen) atoms. The highest BCUT2D eigenvalue weighted by Gasteiger charge is 2.30. The molecular weight excluding hydrogens is 485 g/mol. The van der Waals surface area contributed by atoms with E-state index in [1.165, 1.54) is 0 Å². The maximum Gasteiger partial charge on any atom is 0.225 e. The van der Waals surface area contributed by atoms with Crippen molar-refractivity contribution >= 4 is 35.8 Å². The Hall–Kier alpha value is -1.36. The Labute approximate surface area is 190 Å². The van der Waals surface area contributed by atoms with Crippen molar-refractivity contribution < 1.29 is 14.1 Å². The minimum absolute atomic E-state index is 0. The van der Waals surface area contributed by atoms with Crippen LogP contribution in [0.5, 0.6) is 0 Å². The van der Waals surface area contributed by atoms with Crippen molar-refractivity contribution in [2.45, 2.75) is 40.0 Å². The molecular formula is C20H34IN5O3. The van der Waals surface area contributed by atoms with Crippen LogP contribution in [0.4, 0.5) is 0 Å². The zero-order valence-electron chi connectivity index (χ0n) is 17.8. The van der Waals surface area contributed by atoms with Crippen molar-refractivity contribution in [3.8, 4) is 0 Å². The van der Waals surface area contributed by atoms with Crippen molar-refractivity contribution in [2.24, 2.45) is 10.9 Å². The van der Waals surface area contributed by atoms with E-state index in [9.17, 15) is 4.79 Å². The lowest BCUT2D eigenvalue weighted by Crippen LogP contribution is -2.50. The Morgan fingerprint density at radius 3 is 2.45 bits per heavy atom. The standard InChI is InChI=1S/C20H33N5O3.HI/c1-4-21-20(22-8-5-18-15(2)23-28-16(18)3)25-9-6-17(7-10-25)19(26)24-11-13-27-14-12-24;/h17H,4-14H2,1-3H3,(H,21,22);1H. The van der Waals surface area contributed by atoms with Gasteiger partial charge in [0.05, 0.1) is 18.9 Å². The Morgan fingerprint density at radius 1 is 1.17 bits per heavy atom. The highest BCUT2D eigenvalue weighted by atomic mass is 127. The lowest BCUT2D eigenvalue weighted by atomic mass is 9.95. The molecule has 0 saturated carbocycles. The monoisotopic (exact) mass is 519 g/mol. The molecule has 3 heterocycles. The van der Waals surface area contributed by atoms with Crippen LogP contribution in [0.15, 0.2) is 9.52 Å². The van der Waals surface area contributed by atoms with Gasteiger partial charge in [0.15, 0.2) is 5.96 Å². The van der Waals surface area contributed by atoms with E-state index in [1.54, 1.807) is 0 Å². The van der Waals surface area contributed by atoms with E-state index in [2.05, 4.69) is 22.3 Å². The predicted octanol–water partition coefficient (Wildman–Crippen LogP) is 1.99. The molecule has 0 unspecified atom stereocenters. The van der Waals surface area contributed by atoms with Gasteiger partial charge in [-0.2, -0.15) is 0 Å². The van der Waals surface area contributed by atoms with Gasteiger partial charge in [0.2, 0.25) is 5.91 Å². The van der Waals surface area contributed by atoms with Gasteiger partial charge in [-0.3, -0.25) is 9.79 Å². The Bertz CT molecular complexity index is 660. The summed E-state index contributed by atoms with van der Waals surface area (Å²) in [5, 5.41) is 7.40. The number of rotatable bonds is 5. The van der Waals surface area contributed by atoms with E-state index in [0.29, 0.717) is 25.7 Å². The summed E-state index contributed by atoms with van der Waals surface area (Å²) in [5.41, 5.74) is 2.09. The van der Waals surface area contributed by atoms with Crippen molar-refractivity contribution in [3.05, 3.63) is 17.0 Å². The van der Waals surface area contributed by atoms with Crippen LogP contribution in [-0.4, -0.2) is 79.3 Å². The molecule has 2 fully saturated rings. The first-order chi connectivity index (χ1) is 13.6. The maximum absolute atomic E-state index is 12.7. The SMILES string of the molecule is CCNC(=NCCc1c(C)noc1C)N1CCC(C(=O)N2CCOCC2)CC1.I. The molecule has 9 heteroatoms. The van der Waals surface area contributed by atoms with Crippen LogP contribution in [0.25, 0.3) is 0 Å². The summed E-state index contributed by atoms with van der Waals surface area (Å²) in [6.07, 6.45) is 2.58. The zero-order valence-corrected chi connectivity index (χ0v) is 20.1. The summed E-state index contributed by atoms with van der Waals surface area (Å²) >= 11 is 0. The van der Waals surface area contributed by atoms with Crippen LogP contribution < -0.4 is 5.32 Å². The number of aromatic nitrogens is 1. The lowest BCUT2D eigenvalue weighted by Gasteiger charge is -2.36. The molecule has 1 aromatic rings. The largest absolute Gasteiger partial charge is 0.378 e. The van der Waals surface area contributed by atoms with Gasteiger partial charge in [-0.1, -0.05) is 5.16 Å². The number of morpholine rings is 1. The quantitative estimate of drug-likeness (QED) is 0.364. The Kier molecular flexibility index (Phi) is 9.67. The number of carbonyl (C=O) groups is 1. The first-order valence-electron chi connectivity index (χ1n) is 10.4. The molecule has 0 spiro atoms. The molecule has 1 aromatic heterocycles. The van der Waals surface area contributed by atoms with Crippen molar-refractivity contribution in [1.82, 2.24) is 20.3 Å². The number of aliphatic imine (C=N–C) groups is 1. The molecule has 0 aliphatic carbocycles. The van der Waals surface area contributed by atoms with Gasteiger partial charge in [0.25, 0.3) is 0 Å². The number of guanidine groups is 1. The molecule has 8 nitrogen and oxygen atoms in total. The molecule has 2 aliphatic heterocycles. The summed E-state index contributed by atoms with van der Waals surface area (Å²) < 4.78 is 10.6. The van der Waals surface area contributed by atoms with Crippen molar-refractivity contribution in [1.29, 1.82) is 0 Å². The third-order valence-electron chi connectivity index (χ3n) is 5.61. The molecule has 1 N–H and O–H groups in total. The third-order valence-corrected chi connectivity index (χ3v) is 5.61. The van der Waals surface area contributed by atoms with E-state index >= 15 is 0 Å². The van der Waals surface area contributed by atoms with Crippen LogP contribution in [0.2, 0.25) is 0 Å². The van der Waals surface area contributed by atoms with E-state index in [-0.39, 0.29) is 29.9 Å². The van der Waals surface area contributed by atoms with Crippen LogP contribution >= 0.6 is 24.0 Å². The molecule has 2 saturated heterocycles. The number of aryl methyl sites for hydroxylation is 2. The van der Waals surface area contributed by atoms with Crippen LogP contribution in [0.3, 0.4) is 0 Å². The molecule has 3 rings (SSSR count).